The standard InChI is InChI=1S/C63H38N2O/c1-2-17-40(18-3-1)62-64-58(41-32-33-51-50-23-8-12-30-56(50)63(57(51)37-41)54-28-10-6-21-48(54)49-22-7-11-29-55(49)63)38-59(65-62)44-35-42(46-25-14-19-39-16-4-5-20-45(39)46)34-43(36-44)47-26-15-27-53-52-24-9-13-31-60(52)66-61(47)53/h1-38H. The topological polar surface area (TPSA) is 38.9 Å². The van der Waals surface area contributed by atoms with E-state index in [-0.39, 0.29) is 0 Å². The summed E-state index contributed by atoms with van der Waals surface area (Å²) in [6.45, 7) is 0. The van der Waals surface area contributed by atoms with Crippen LogP contribution in [0, 0.1) is 0 Å². The van der Waals surface area contributed by atoms with Gasteiger partial charge in [-0.15, -0.1) is 0 Å². The third kappa shape index (κ3) is 5.32. The monoisotopic (exact) mass is 838 g/mol. The van der Waals surface area contributed by atoms with Gasteiger partial charge in [-0.3, -0.25) is 0 Å². The first kappa shape index (κ1) is 36.8. The fourth-order valence-electron chi connectivity index (χ4n) is 11.3. The van der Waals surface area contributed by atoms with Gasteiger partial charge in [-0.1, -0.05) is 194 Å². The summed E-state index contributed by atoms with van der Waals surface area (Å²) in [5.74, 6) is 0.676. The molecule has 0 saturated heterocycles. The van der Waals surface area contributed by atoms with Gasteiger partial charge in [-0.2, -0.15) is 0 Å². The number of furan rings is 1. The van der Waals surface area contributed by atoms with Gasteiger partial charge in [0.1, 0.15) is 11.2 Å². The van der Waals surface area contributed by atoms with E-state index in [2.05, 4.69) is 212 Å². The molecular formula is C63H38N2O. The van der Waals surface area contributed by atoms with E-state index < -0.39 is 5.41 Å². The molecule has 306 valence electrons. The quantitative estimate of drug-likeness (QED) is 0.173. The Hall–Kier alpha value is -8.66. The zero-order valence-electron chi connectivity index (χ0n) is 35.7. The average molecular weight is 839 g/mol. The fraction of sp³-hybridized carbons (Fsp3) is 0.0159. The van der Waals surface area contributed by atoms with Crippen molar-refractivity contribution in [2.24, 2.45) is 0 Å². The third-order valence-corrected chi connectivity index (χ3v) is 14.1. The lowest BCUT2D eigenvalue weighted by atomic mass is 9.70. The predicted octanol–water partition coefficient (Wildman–Crippen LogP) is 16.2. The second-order valence-corrected chi connectivity index (χ2v) is 17.6. The summed E-state index contributed by atoms with van der Waals surface area (Å²) >= 11 is 0. The highest BCUT2D eigenvalue weighted by Gasteiger charge is 2.51. The van der Waals surface area contributed by atoms with Crippen LogP contribution in [0.15, 0.2) is 235 Å². The second-order valence-electron chi connectivity index (χ2n) is 17.6. The van der Waals surface area contributed by atoms with E-state index in [4.69, 9.17) is 14.4 Å². The number of hydrogen-bond acceptors (Lipinski definition) is 3. The normalized spacial score (nSPS) is 13.0. The lowest BCUT2D eigenvalue weighted by Crippen LogP contribution is -2.25. The SMILES string of the molecule is c1ccc(-c2nc(-c3cc(-c4cccc5ccccc45)cc(-c4cccc5c4oc4ccccc45)c3)cc(-c3ccc4c(c3)C3(c5ccccc5-c5ccccc53)c3ccccc3-4)n2)cc1. The van der Waals surface area contributed by atoms with Crippen LogP contribution >= 0.6 is 0 Å². The van der Waals surface area contributed by atoms with Gasteiger partial charge in [0.15, 0.2) is 5.82 Å². The van der Waals surface area contributed by atoms with Crippen LogP contribution in [0.3, 0.4) is 0 Å². The summed E-state index contributed by atoms with van der Waals surface area (Å²) in [5, 5.41) is 4.60. The summed E-state index contributed by atoms with van der Waals surface area (Å²) in [6, 6.07) is 83.3. The zero-order chi connectivity index (χ0) is 43.3. The van der Waals surface area contributed by atoms with Gasteiger partial charge in [-0.25, -0.2) is 9.97 Å². The molecule has 0 saturated carbocycles. The highest BCUT2D eigenvalue weighted by atomic mass is 16.3. The molecule has 1 spiro atoms. The minimum Gasteiger partial charge on any atom is -0.455 e. The molecule has 3 heteroatoms. The number of rotatable bonds is 5. The van der Waals surface area contributed by atoms with Gasteiger partial charge in [0.05, 0.1) is 16.8 Å². The lowest BCUT2D eigenvalue weighted by Gasteiger charge is -2.30. The van der Waals surface area contributed by atoms with Crippen LogP contribution in [0.25, 0.3) is 111 Å². The molecule has 10 aromatic carbocycles. The van der Waals surface area contributed by atoms with Crippen LogP contribution in [0.2, 0.25) is 0 Å². The predicted molar refractivity (Wildman–Crippen MR) is 270 cm³/mol. The van der Waals surface area contributed by atoms with Crippen molar-refractivity contribution in [1.82, 2.24) is 9.97 Å². The highest BCUT2D eigenvalue weighted by molar-refractivity contribution is 6.10. The van der Waals surface area contributed by atoms with Gasteiger partial charge in [0.25, 0.3) is 0 Å². The Morgan fingerprint density at radius 3 is 1.56 bits per heavy atom. The molecule has 0 atom stereocenters. The molecule has 2 heterocycles. The Morgan fingerprint density at radius 1 is 0.303 bits per heavy atom. The summed E-state index contributed by atoms with van der Waals surface area (Å²) in [7, 11) is 0. The Labute approximate surface area is 382 Å². The molecule has 2 aromatic heterocycles. The summed E-state index contributed by atoms with van der Waals surface area (Å²) in [6.07, 6.45) is 0. The van der Waals surface area contributed by atoms with Gasteiger partial charge in [0, 0.05) is 33.0 Å². The van der Waals surface area contributed by atoms with Crippen LogP contribution < -0.4 is 0 Å². The highest BCUT2D eigenvalue weighted by Crippen LogP contribution is 2.63. The molecule has 0 aliphatic heterocycles. The van der Waals surface area contributed by atoms with Crippen molar-refractivity contribution in [3.63, 3.8) is 0 Å². The van der Waals surface area contributed by atoms with E-state index in [1.807, 2.05) is 18.2 Å². The molecule has 0 bridgehead atoms. The van der Waals surface area contributed by atoms with Crippen molar-refractivity contribution in [1.29, 1.82) is 0 Å². The first-order valence-corrected chi connectivity index (χ1v) is 22.6. The van der Waals surface area contributed by atoms with Gasteiger partial charge < -0.3 is 4.42 Å². The van der Waals surface area contributed by atoms with E-state index in [0.717, 1.165) is 72.3 Å². The number of aromatic nitrogens is 2. The minimum atomic E-state index is -0.466. The van der Waals surface area contributed by atoms with Gasteiger partial charge >= 0.3 is 0 Å². The molecule has 14 rings (SSSR count). The molecule has 0 fully saturated rings. The maximum atomic E-state index is 6.67. The van der Waals surface area contributed by atoms with Crippen molar-refractivity contribution < 1.29 is 4.42 Å². The number of para-hydroxylation sites is 2. The van der Waals surface area contributed by atoms with Crippen LogP contribution in [-0.4, -0.2) is 9.97 Å². The largest absolute Gasteiger partial charge is 0.455 e. The van der Waals surface area contributed by atoms with Crippen LogP contribution in [0.1, 0.15) is 22.3 Å². The minimum absolute atomic E-state index is 0.466. The van der Waals surface area contributed by atoms with Gasteiger partial charge in [0.2, 0.25) is 0 Å². The molecule has 0 unspecified atom stereocenters. The number of fused-ring (bicyclic) bond motifs is 14. The van der Waals surface area contributed by atoms with Crippen molar-refractivity contribution in [3.05, 3.63) is 253 Å². The average Bonchev–Trinajstić information content (AvgIpc) is 4.03. The molecule has 66 heavy (non-hydrogen) atoms. The smallest absolute Gasteiger partial charge is 0.160 e. The maximum absolute atomic E-state index is 6.67. The molecule has 0 amide bonds. The van der Waals surface area contributed by atoms with E-state index >= 15 is 0 Å². The molecule has 3 nitrogen and oxygen atoms in total. The Kier molecular flexibility index (Phi) is 7.90. The fourth-order valence-corrected chi connectivity index (χ4v) is 11.3. The molecular weight excluding hydrogens is 801 g/mol. The Morgan fingerprint density at radius 2 is 0.818 bits per heavy atom. The number of nitrogens with zero attached hydrogens (tertiary/aromatic N) is 2. The maximum Gasteiger partial charge on any atom is 0.160 e. The van der Waals surface area contributed by atoms with E-state index in [1.165, 1.54) is 55.3 Å². The van der Waals surface area contributed by atoms with Crippen molar-refractivity contribution in [2.45, 2.75) is 5.41 Å². The van der Waals surface area contributed by atoms with E-state index in [0.29, 0.717) is 5.82 Å². The first-order chi connectivity index (χ1) is 32.7. The zero-order valence-corrected chi connectivity index (χ0v) is 35.7. The number of hydrogen-bond donors (Lipinski definition) is 0. The summed E-state index contributed by atoms with van der Waals surface area (Å²) in [4.78, 5) is 10.8. The van der Waals surface area contributed by atoms with E-state index in [9.17, 15) is 0 Å². The second kappa shape index (κ2) is 14.2. The first-order valence-electron chi connectivity index (χ1n) is 22.6. The molecule has 12 aromatic rings. The van der Waals surface area contributed by atoms with Crippen LogP contribution in [0.5, 0.6) is 0 Å². The van der Waals surface area contributed by atoms with Crippen LogP contribution in [-0.2, 0) is 5.41 Å². The summed E-state index contributed by atoms with van der Waals surface area (Å²) in [5.41, 5.74) is 20.7. The molecule has 0 radical (unpaired) electrons. The third-order valence-electron chi connectivity index (χ3n) is 14.1. The van der Waals surface area contributed by atoms with Crippen LogP contribution in [0.4, 0.5) is 0 Å². The molecule has 2 aliphatic rings. The summed E-state index contributed by atoms with van der Waals surface area (Å²) < 4.78 is 6.67. The lowest BCUT2D eigenvalue weighted by molar-refractivity contribution is 0.670. The number of benzene rings is 10. The Balaban J connectivity index is 1.02. The van der Waals surface area contributed by atoms with E-state index in [1.54, 1.807) is 0 Å². The molecule has 0 N–H and O–H groups in total. The van der Waals surface area contributed by atoms with Gasteiger partial charge in [-0.05, 0) is 108 Å². The van der Waals surface area contributed by atoms with Crippen molar-refractivity contribution in [3.8, 4) is 78.4 Å². The Bertz CT molecular complexity index is 3890. The molecule has 2 aliphatic carbocycles. The van der Waals surface area contributed by atoms with Crippen molar-refractivity contribution >= 4 is 32.7 Å². The van der Waals surface area contributed by atoms with Crippen molar-refractivity contribution in [2.75, 3.05) is 0 Å².